The lowest BCUT2D eigenvalue weighted by atomic mass is 10.1. The highest BCUT2D eigenvalue weighted by atomic mass is 32.2. The fourth-order valence-electron chi connectivity index (χ4n) is 2.00. The third kappa shape index (κ3) is 4.93. The van der Waals surface area contributed by atoms with Gasteiger partial charge in [-0.25, -0.2) is 0 Å². The van der Waals surface area contributed by atoms with E-state index in [-0.39, 0.29) is 11.7 Å². The molecule has 0 aliphatic heterocycles. The molecular weight excluding hydrogens is 296 g/mol. The minimum Gasteiger partial charge on any atom is -0.368 e. The number of carbonyl (C=O) groups excluding carboxylic acids is 2. The Morgan fingerprint density at radius 1 is 1.00 bits per heavy atom. The maximum atomic E-state index is 12.0. The van der Waals surface area contributed by atoms with Crippen LogP contribution in [0.5, 0.6) is 0 Å². The molecule has 0 heterocycles. The molecule has 5 heteroatoms. The van der Waals surface area contributed by atoms with Crippen molar-refractivity contribution in [2.45, 2.75) is 11.8 Å². The molecule has 0 aromatic heterocycles. The normalized spacial score (nSPS) is 11.6. The van der Waals surface area contributed by atoms with Crippen molar-refractivity contribution in [3.05, 3.63) is 71.8 Å². The molecule has 2 amide bonds. The van der Waals surface area contributed by atoms with Crippen LogP contribution in [0.15, 0.2) is 60.7 Å². The third-order valence-corrected chi connectivity index (χ3v) is 4.07. The number of carbonyl (C=O) groups is 2. The van der Waals surface area contributed by atoms with Gasteiger partial charge in [0.15, 0.2) is 0 Å². The molecule has 3 N–H and O–H groups in total. The van der Waals surface area contributed by atoms with Gasteiger partial charge in [-0.2, -0.15) is 0 Å². The average molecular weight is 314 g/mol. The maximum absolute atomic E-state index is 12.0. The van der Waals surface area contributed by atoms with Gasteiger partial charge in [0, 0.05) is 5.75 Å². The van der Waals surface area contributed by atoms with Gasteiger partial charge in [-0.1, -0.05) is 60.7 Å². The van der Waals surface area contributed by atoms with Crippen LogP contribution in [0.4, 0.5) is 0 Å². The van der Waals surface area contributed by atoms with Crippen molar-refractivity contribution in [3.63, 3.8) is 0 Å². The van der Waals surface area contributed by atoms with Gasteiger partial charge in [0.2, 0.25) is 11.8 Å². The van der Waals surface area contributed by atoms with E-state index < -0.39 is 11.9 Å². The Bertz CT molecular complexity index is 617. The van der Waals surface area contributed by atoms with Gasteiger partial charge in [0.25, 0.3) is 0 Å². The van der Waals surface area contributed by atoms with Gasteiger partial charge < -0.3 is 11.1 Å². The zero-order valence-corrected chi connectivity index (χ0v) is 12.9. The molecular formula is C17H18N2O2S. The van der Waals surface area contributed by atoms with E-state index in [9.17, 15) is 9.59 Å². The Labute approximate surface area is 134 Å². The van der Waals surface area contributed by atoms with Crippen LogP contribution in [0, 0.1) is 0 Å². The number of benzene rings is 2. The second-order valence-electron chi connectivity index (χ2n) is 4.79. The highest BCUT2D eigenvalue weighted by Crippen LogP contribution is 2.14. The molecule has 0 spiro atoms. The minimum absolute atomic E-state index is 0.200. The highest BCUT2D eigenvalue weighted by molar-refractivity contribution is 7.99. The Morgan fingerprint density at radius 3 is 2.18 bits per heavy atom. The largest absolute Gasteiger partial charge is 0.368 e. The molecule has 22 heavy (non-hydrogen) atoms. The SMILES string of the molecule is NC(=O)[C@H](NC(=O)CSCc1ccccc1)c1ccccc1. The third-order valence-electron chi connectivity index (χ3n) is 3.07. The zero-order chi connectivity index (χ0) is 15.8. The molecule has 0 bridgehead atoms. The van der Waals surface area contributed by atoms with E-state index in [1.807, 2.05) is 48.5 Å². The topological polar surface area (TPSA) is 72.2 Å². The van der Waals surface area contributed by atoms with Crippen LogP contribution in [0.3, 0.4) is 0 Å². The van der Waals surface area contributed by atoms with Gasteiger partial charge >= 0.3 is 0 Å². The number of rotatable bonds is 7. The van der Waals surface area contributed by atoms with Gasteiger partial charge in [-0.3, -0.25) is 9.59 Å². The number of amides is 2. The Kier molecular flexibility index (Phi) is 6.03. The van der Waals surface area contributed by atoms with Crippen LogP contribution in [-0.4, -0.2) is 17.6 Å². The molecule has 0 aliphatic rings. The van der Waals surface area contributed by atoms with Crippen molar-refractivity contribution in [1.82, 2.24) is 5.32 Å². The molecule has 2 rings (SSSR count). The first-order valence-electron chi connectivity index (χ1n) is 6.92. The number of thioether (sulfide) groups is 1. The van der Waals surface area contributed by atoms with Crippen molar-refractivity contribution >= 4 is 23.6 Å². The standard InChI is InChI=1S/C17H18N2O2S/c18-17(21)16(14-9-5-2-6-10-14)19-15(20)12-22-11-13-7-3-1-4-8-13/h1-10,16H,11-12H2,(H2,18,21)(H,19,20)/t16-/m1/s1. The molecule has 0 unspecified atom stereocenters. The number of nitrogens with two attached hydrogens (primary N) is 1. The number of hydrogen-bond donors (Lipinski definition) is 2. The predicted octanol–water partition coefficient (Wildman–Crippen LogP) is 2.26. The summed E-state index contributed by atoms with van der Waals surface area (Å²) in [7, 11) is 0. The molecule has 0 fully saturated rings. The molecule has 1 atom stereocenters. The van der Waals surface area contributed by atoms with E-state index in [0.29, 0.717) is 5.56 Å². The molecule has 0 saturated carbocycles. The zero-order valence-electron chi connectivity index (χ0n) is 12.1. The fourth-order valence-corrected chi connectivity index (χ4v) is 2.80. The van der Waals surface area contributed by atoms with E-state index in [1.165, 1.54) is 11.8 Å². The monoisotopic (exact) mass is 314 g/mol. The van der Waals surface area contributed by atoms with Crippen molar-refractivity contribution in [2.24, 2.45) is 5.73 Å². The summed E-state index contributed by atoms with van der Waals surface area (Å²) in [5, 5.41) is 2.68. The van der Waals surface area contributed by atoms with Gasteiger partial charge in [-0.15, -0.1) is 11.8 Å². The van der Waals surface area contributed by atoms with E-state index in [1.54, 1.807) is 12.1 Å². The highest BCUT2D eigenvalue weighted by Gasteiger charge is 2.19. The average Bonchev–Trinajstić information content (AvgIpc) is 2.54. The summed E-state index contributed by atoms with van der Waals surface area (Å²) in [5.74, 6) is 0.271. The molecule has 2 aromatic carbocycles. The second-order valence-corrected chi connectivity index (χ2v) is 5.78. The lowest BCUT2D eigenvalue weighted by molar-refractivity contribution is -0.126. The van der Waals surface area contributed by atoms with Crippen LogP contribution < -0.4 is 11.1 Å². The summed E-state index contributed by atoms with van der Waals surface area (Å²) in [6.07, 6.45) is 0. The lowest BCUT2D eigenvalue weighted by Gasteiger charge is -2.15. The van der Waals surface area contributed by atoms with Crippen LogP contribution in [0.1, 0.15) is 17.2 Å². The Balaban J connectivity index is 1.85. The van der Waals surface area contributed by atoms with Crippen molar-refractivity contribution < 1.29 is 9.59 Å². The summed E-state index contributed by atoms with van der Waals surface area (Å²) < 4.78 is 0. The van der Waals surface area contributed by atoms with Gasteiger partial charge in [-0.05, 0) is 11.1 Å². The number of nitrogens with one attached hydrogen (secondary N) is 1. The first kappa shape index (κ1) is 16.1. The first-order valence-corrected chi connectivity index (χ1v) is 8.07. The smallest absolute Gasteiger partial charge is 0.244 e. The molecule has 0 saturated heterocycles. The molecule has 0 radical (unpaired) electrons. The van der Waals surface area contributed by atoms with E-state index in [4.69, 9.17) is 5.73 Å². The minimum atomic E-state index is -0.786. The summed E-state index contributed by atoms with van der Waals surface area (Å²) in [5.41, 5.74) is 7.23. The van der Waals surface area contributed by atoms with Gasteiger partial charge in [0.1, 0.15) is 6.04 Å². The fraction of sp³-hybridized carbons (Fsp3) is 0.176. The van der Waals surface area contributed by atoms with Crippen LogP contribution in [0.2, 0.25) is 0 Å². The summed E-state index contributed by atoms with van der Waals surface area (Å²) >= 11 is 1.50. The van der Waals surface area contributed by atoms with Crippen LogP contribution in [-0.2, 0) is 15.3 Å². The van der Waals surface area contributed by atoms with Gasteiger partial charge in [0.05, 0.1) is 5.75 Å². The van der Waals surface area contributed by atoms with Crippen molar-refractivity contribution in [3.8, 4) is 0 Å². The summed E-state index contributed by atoms with van der Waals surface area (Å²) in [4.78, 5) is 23.5. The van der Waals surface area contributed by atoms with E-state index >= 15 is 0 Å². The maximum Gasteiger partial charge on any atom is 0.244 e. The van der Waals surface area contributed by atoms with Crippen molar-refractivity contribution in [2.75, 3.05) is 5.75 Å². The molecule has 0 aliphatic carbocycles. The summed E-state index contributed by atoms with van der Waals surface area (Å²) in [6, 6.07) is 18.1. The second kappa shape index (κ2) is 8.24. The summed E-state index contributed by atoms with van der Waals surface area (Å²) in [6.45, 7) is 0. The molecule has 2 aromatic rings. The van der Waals surface area contributed by atoms with E-state index in [0.717, 1.165) is 11.3 Å². The Hall–Kier alpha value is -2.27. The Morgan fingerprint density at radius 2 is 1.59 bits per heavy atom. The lowest BCUT2D eigenvalue weighted by Crippen LogP contribution is -2.38. The number of hydrogen-bond acceptors (Lipinski definition) is 3. The van der Waals surface area contributed by atoms with Crippen LogP contribution in [0.25, 0.3) is 0 Å². The quantitative estimate of drug-likeness (QED) is 0.823. The molecule has 4 nitrogen and oxygen atoms in total. The van der Waals surface area contributed by atoms with Crippen LogP contribution >= 0.6 is 11.8 Å². The van der Waals surface area contributed by atoms with E-state index in [2.05, 4.69) is 5.32 Å². The number of primary amides is 1. The molecule has 114 valence electrons. The van der Waals surface area contributed by atoms with Crippen molar-refractivity contribution in [1.29, 1.82) is 0 Å². The first-order chi connectivity index (χ1) is 10.7. The predicted molar refractivity (Wildman–Crippen MR) is 89.1 cm³/mol.